The first-order valence-electron chi connectivity index (χ1n) is 7.02. The third-order valence-electron chi connectivity index (χ3n) is 3.40. The van der Waals surface area contributed by atoms with Gasteiger partial charge in [0.15, 0.2) is 5.69 Å². The Morgan fingerprint density at radius 3 is 2.75 bits per heavy atom. The molecule has 1 N–H and O–H groups in total. The zero-order valence-corrected chi connectivity index (χ0v) is 12.5. The van der Waals surface area contributed by atoms with Crippen LogP contribution in [0.4, 0.5) is 13.2 Å². The van der Waals surface area contributed by atoms with Crippen LogP contribution in [0.25, 0.3) is 22.3 Å². The topological polar surface area (TPSA) is 74.6 Å². The summed E-state index contributed by atoms with van der Waals surface area (Å²) < 4.78 is 44.5. The van der Waals surface area contributed by atoms with E-state index in [-0.39, 0.29) is 29.3 Å². The van der Waals surface area contributed by atoms with E-state index in [4.69, 9.17) is 4.74 Å². The first kappa shape index (κ1) is 15.8. The van der Waals surface area contributed by atoms with Gasteiger partial charge >= 0.3 is 6.18 Å². The van der Waals surface area contributed by atoms with Gasteiger partial charge in [0.25, 0.3) is 0 Å². The van der Waals surface area contributed by atoms with E-state index in [2.05, 4.69) is 15.0 Å². The van der Waals surface area contributed by atoms with E-state index in [1.807, 2.05) is 6.07 Å². The number of halogens is 3. The summed E-state index contributed by atoms with van der Waals surface area (Å²) in [5.41, 5.74) is 0.467. The molecule has 0 aliphatic heterocycles. The highest BCUT2D eigenvalue weighted by atomic mass is 19.4. The zero-order chi connectivity index (χ0) is 17.3. The molecule has 0 saturated carbocycles. The monoisotopic (exact) mass is 332 g/mol. The first-order chi connectivity index (χ1) is 11.4. The highest BCUT2D eigenvalue weighted by Gasteiger charge is 2.31. The molecule has 0 atom stereocenters. The van der Waals surface area contributed by atoms with Gasteiger partial charge in [0.1, 0.15) is 17.3 Å². The molecule has 3 aromatic rings. The summed E-state index contributed by atoms with van der Waals surface area (Å²) in [7, 11) is 0. The number of ether oxygens (including phenoxy) is 1. The fourth-order valence-corrected chi connectivity index (χ4v) is 2.35. The SMILES string of the molecule is CCOc1ccc(C(F)(F)F)cc1-c1cc2[nH]cnc2c(C#N)n1. The molecule has 0 fully saturated rings. The van der Waals surface area contributed by atoms with Gasteiger partial charge in [-0.3, -0.25) is 0 Å². The van der Waals surface area contributed by atoms with Crippen LogP contribution in [0.15, 0.2) is 30.6 Å². The molecule has 2 aromatic heterocycles. The van der Waals surface area contributed by atoms with E-state index in [0.29, 0.717) is 11.0 Å². The van der Waals surface area contributed by atoms with E-state index in [1.54, 1.807) is 13.0 Å². The van der Waals surface area contributed by atoms with Gasteiger partial charge in [-0.1, -0.05) is 0 Å². The molecule has 0 bridgehead atoms. The molecule has 0 unspecified atom stereocenters. The summed E-state index contributed by atoms with van der Waals surface area (Å²) in [5.74, 6) is 0.265. The molecular weight excluding hydrogens is 321 g/mol. The summed E-state index contributed by atoms with van der Waals surface area (Å²) in [6, 6.07) is 6.63. The van der Waals surface area contributed by atoms with E-state index in [1.165, 1.54) is 12.4 Å². The standard InChI is InChI=1S/C16H11F3N4O/c1-2-24-14-4-3-9(16(17,18)19)5-10(14)11-6-12-15(22-8-21-12)13(7-20)23-11/h3-6,8H,2H2,1H3,(H,21,22). The average Bonchev–Trinajstić information content (AvgIpc) is 3.02. The number of benzene rings is 1. The van der Waals surface area contributed by atoms with Crippen molar-refractivity contribution < 1.29 is 17.9 Å². The van der Waals surface area contributed by atoms with Gasteiger partial charge < -0.3 is 9.72 Å². The van der Waals surface area contributed by atoms with Crippen molar-refractivity contribution in [2.24, 2.45) is 0 Å². The molecule has 0 aliphatic rings. The highest BCUT2D eigenvalue weighted by molar-refractivity contribution is 5.84. The lowest BCUT2D eigenvalue weighted by atomic mass is 10.0. The Morgan fingerprint density at radius 2 is 2.08 bits per heavy atom. The van der Waals surface area contributed by atoms with Crippen molar-refractivity contribution in [1.29, 1.82) is 5.26 Å². The van der Waals surface area contributed by atoms with Gasteiger partial charge in [0, 0.05) is 5.56 Å². The predicted molar refractivity (Wildman–Crippen MR) is 80.2 cm³/mol. The molecule has 0 radical (unpaired) electrons. The van der Waals surface area contributed by atoms with Gasteiger partial charge in [0.05, 0.1) is 29.7 Å². The summed E-state index contributed by atoms with van der Waals surface area (Å²) in [4.78, 5) is 11.0. The number of hydrogen-bond donors (Lipinski definition) is 1. The van der Waals surface area contributed by atoms with Gasteiger partial charge in [-0.2, -0.15) is 18.4 Å². The predicted octanol–water partition coefficient (Wildman–Crippen LogP) is 3.91. The Balaban J connectivity index is 2.25. The average molecular weight is 332 g/mol. The third kappa shape index (κ3) is 2.76. The highest BCUT2D eigenvalue weighted by Crippen LogP contribution is 2.37. The van der Waals surface area contributed by atoms with Crippen LogP contribution in [0.2, 0.25) is 0 Å². The van der Waals surface area contributed by atoms with E-state index < -0.39 is 11.7 Å². The van der Waals surface area contributed by atoms with Gasteiger partial charge in [-0.15, -0.1) is 0 Å². The van der Waals surface area contributed by atoms with Crippen molar-refractivity contribution in [2.45, 2.75) is 13.1 Å². The second-order valence-electron chi connectivity index (χ2n) is 4.91. The van der Waals surface area contributed by atoms with Crippen LogP contribution in [0.1, 0.15) is 18.2 Å². The largest absolute Gasteiger partial charge is 0.493 e. The van der Waals surface area contributed by atoms with Gasteiger partial charge in [0.2, 0.25) is 0 Å². The number of hydrogen-bond acceptors (Lipinski definition) is 4. The third-order valence-corrected chi connectivity index (χ3v) is 3.40. The Kier molecular flexibility index (Phi) is 3.85. The first-order valence-corrected chi connectivity index (χ1v) is 7.02. The maximum absolute atomic E-state index is 13.0. The Labute approximate surface area is 134 Å². The second kappa shape index (κ2) is 5.85. The molecular formula is C16H11F3N4O. The van der Waals surface area contributed by atoms with Crippen LogP contribution >= 0.6 is 0 Å². The molecule has 0 saturated heterocycles. The van der Waals surface area contributed by atoms with Crippen LogP contribution in [0.3, 0.4) is 0 Å². The van der Waals surface area contributed by atoms with Crippen molar-refractivity contribution in [1.82, 2.24) is 15.0 Å². The molecule has 5 nitrogen and oxygen atoms in total. The molecule has 122 valence electrons. The minimum atomic E-state index is -4.49. The molecule has 0 amide bonds. The van der Waals surface area contributed by atoms with Gasteiger partial charge in [-0.05, 0) is 31.2 Å². The Hall–Kier alpha value is -3.08. The number of nitriles is 1. The van der Waals surface area contributed by atoms with Crippen LogP contribution in [-0.4, -0.2) is 21.6 Å². The van der Waals surface area contributed by atoms with Crippen LogP contribution in [-0.2, 0) is 6.18 Å². The molecule has 2 heterocycles. The molecule has 1 aromatic carbocycles. The summed E-state index contributed by atoms with van der Waals surface area (Å²) in [6.07, 6.45) is -3.10. The van der Waals surface area contributed by atoms with E-state index in [0.717, 1.165) is 12.1 Å². The molecule has 3 rings (SSSR count). The van der Waals surface area contributed by atoms with Crippen molar-refractivity contribution in [3.05, 3.63) is 41.9 Å². The smallest absolute Gasteiger partial charge is 0.416 e. The van der Waals surface area contributed by atoms with E-state index >= 15 is 0 Å². The summed E-state index contributed by atoms with van der Waals surface area (Å²) in [6.45, 7) is 2.02. The number of H-pyrrole nitrogens is 1. The van der Waals surface area contributed by atoms with Crippen LogP contribution in [0.5, 0.6) is 5.75 Å². The van der Waals surface area contributed by atoms with Crippen LogP contribution < -0.4 is 4.74 Å². The quantitative estimate of drug-likeness (QED) is 0.789. The lowest BCUT2D eigenvalue weighted by Gasteiger charge is -2.13. The van der Waals surface area contributed by atoms with Crippen molar-refractivity contribution in [3.8, 4) is 23.1 Å². The number of nitrogens with one attached hydrogen (secondary N) is 1. The second-order valence-corrected chi connectivity index (χ2v) is 4.91. The number of aromatic amines is 1. The van der Waals surface area contributed by atoms with Crippen molar-refractivity contribution in [3.63, 3.8) is 0 Å². The Morgan fingerprint density at radius 1 is 1.29 bits per heavy atom. The number of rotatable bonds is 3. The lowest BCUT2D eigenvalue weighted by molar-refractivity contribution is -0.137. The van der Waals surface area contributed by atoms with Gasteiger partial charge in [-0.25, -0.2) is 9.97 Å². The molecule has 0 spiro atoms. The van der Waals surface area contributed by atoms with Crippen molar-refractivity contribution in [2.75, 3.05) is 6.61 Å². The fourth-order valence-electron chi connectivity index (χ4n) is 2.35. The molecule has 8 heteroatoms. The van der Waals surface area contributed by atoms with Crippen LogP contribution in [0, 0.1) is 11.3 Å². The summed E-state index contributed by atoms with van der Waals surface area (Å²) in [5, 5.41) is 9.20. The summed E-state index contributed by atoms with van der Waals surface area (Å²) >= 11 is 0. The lowest BCUT2D eigenvalue weighted by Crippen LogP contribution is -2.06. The number of nitrogens with zero attached hydrogens (tertiary/aromatic N) is 3. The minimum absolute atomic E-state index is 0.0311. The number of aromatic nitrogens is 3. The minimum Gasteiger partial charge on any atom is -0.493 e. The number of fused-ring (bicyclic) bond motifs is 1. The maximum Gasteiger partial charge on any atom is 0.416 e. The zero-order valence-electron chi connectivity index (χ0n) is 12.5. The maximum atomic E-state index is 13.0. The van der Waals surface area contributed by atoms with Crippen molar-refractivity contribution >= 4 is 11.0 Å². The molecule has 24 heavy (non-hydrogen) atoms. The number of imidazole rings is 1. The molecule has 0 aliphatic carbocycles. The normalized spacial score (nSPS) is 11.5. The number of pyridine rings is 1. The van der Waals surface area contributed by atoms with E-state index in [9.17, 15) is 18.4 Å². The Bertz CT molecular complexity index is 941. The number of alkyl halides is 3. The fraction of sp³-hybridized carbons (Fsp3) is 0.188.